The minimum atomic E-state index is -0.815. The monoisotopic (exact) mass is 339 g/mol. The van der Waals surface area contributed by atoms with Crippen molar-refractivity contribution >= 4 is 12.0 Å². The van der Waals surface area contributed by atoms with E-state index in [1.54, 1.807) is 11.8 Å². The molecule has 2 N–H and O–H groups in total. The second-order valence-electron chi connectivity index (χ2n) is 7.61. The number of carboxylic acids is 1. The summed E-state index contributed by atoms with van der Waals surface area (Å²) in [6.07, 6.45) is 5.25. The number of urea groups is 1. The normalized spacial score (nSPS) is 26.1. The van der Waals surface area contributed by atoms with Gasteiger partial charge in [0.05, 0.1) is 5.41 Å². The zero-order valence-corrected chi connectivity index (χ0v) is 15.4. The Labute approximate surface area is 145 Å². The summed E-state index contributed by atoms with van der Waals surface area (Å²) < 4.78 is 0. The molecule has 138 valence electrons. The molecule has 2 heterocycles. The Bertz CT molecular complexity index is 445. The molecular formula is C18H33N3O3. The number of carbonyl (C=O) groups is 2. The lowest BCUT2D eigenvalue weighted by Gasteiger charge is -2.34. The van der Waals surface area contributed by atoms with Crippen molar-refractivity contribution in [3.05, 3.63) is 0 Å². The molecule has 2 fully saturated rings. The summed E-state index contributed by atoms with van der Waals surface area (Å²) in [5.41, 5.74) is -0.804. The number of hydrogen-bond donors (Lipinski definition) is 2. The van der Waals surface area contributed by atoms with Gasteiger partial charge in [0.1, 0.15) is 0 Å². The highest BCUT2D eigenvalue weighted by atomic mass is 16.4. The van der Waals surface area contributed by atoms with E-state index in [1.165, 1.54) is 12.8 Å². The van der Waals surface area contributed by atoms with E-state index in [-0.39, 0.29) is 6.03 Å². The quantitative estimate of drug-likeness (QED) is 0.747. The first-order valence-electron chi connectivity index (χ1n) is 9.41. The maximum absolute atomic E-state index is 12.5. The van der Waals surface area contributed by atoms with Crippen LogP contribution >= 0.6 is 0 Å². The van der Waals surface area contributed by atoms with Gasteiger partial charge in [0.15, 0.2) is 0 Å². The van der Waals surface area contributed by atoms with Gasteiger partial charge >= 0.3 is 12.0 Å². The average Bonchev–Trinajstić information content (AvgIpc) is 3.21. The van der Waals surface area contributed by atoms with E-state index in [0.717, 1.165) is 25.9 Å². The van der Waals surface area contributed by atoms with Crippen LogP contribution in [0.4, 0.5) is 4.79 Å². The molecule has 2 aliphatic rings. The van der Waals surface area contributed by atoms with Crippen LogP contribution in [0.25, 0.3) is 0 Å². The van der Waals surface area contributed by atoms with Crippen molar-refractivity contribution in [2.24, 2.45) is 11.3 Å². The van der Waals surface area contributed by atoms with Gasteiger partial charge < -0.3 is 15.3 Å². The first kappa shape index (κ1) is 19.0. The molecule has 0 spiro atoms. The second-order valence-corrected chi connectivity index (χ2v) is 7.61. The standard InChI is InChI=1S/C18H33N3O3/c1-4-14(5-2)15(20-9-6-7-10-20)12-19-17(24)21-11-8-18(3,13-21)16(22)23/h14-15H,4-13H2,1-3H3,(H,19,24)(H,22,23). The van der Waals surface area contributed by atoms with E-state index < -0.39 is 11.4 Å². The molecular weight excluding hydrogens is 306 g/mol. The highest BCUT2D eigenvalue weighted by molar-refractivity contribution is 5.79. The van der Waals surface area contributed by atoms with Crippen LogP contribution in [0, 0.1) is 11.3 Å². The third-order valence-corrected chi connectivity index (χ3v) is 5.94. The number of hydrogen-bond acceptors (Lipinski definition) is 3. The summed E-state index contributed by atoms with van der Waals surface area (Å²) in [6.45, 7) is 9.89. The van der Waals surface area contributed by atoms with Crippen LogP contribution in [0.5, 0.6) is 0 Å². The van der Waals surface area contributed by atoms with E-state index in [1.807, 2.05) is 0 Å². The average molecular weight is 339 g/mol. The Morgan fingerprint density at radius 3 is 2.29 bits per heavy atom. The van der Waals surface area contributed by atoms with Crippen LogP contribution in [0.3, 0.4) is 0 Å². The number of carboxylic acid groups (broad SMARTS) is 1. The summed E-state index contributed by atoms with van der Waals surface area (Å²) in [7, 11) is 0. The van der Waals surface area contributed by atoms with E-state index in [0.29, 0.717) is 38.0 Å². The second kappa shape index (κ2) is 8.19. The lowest BCUT2D eigenvalue weighted by Crippen LogP contribution is -2.49. The number of amides is 2. The Morgan fingerprint density at radius 1 is 1.17 bits per heavy atom. The van der Waals surface area contributed by atoms with Crippen LogP contribution in [0.1, 0.15) is 52.9 Å². The van der Waals surface area contributed by atoms with Gasteiger partial charge in [0, 0.05) is 25.7 Å². The first-order valence-corrected chi connectivity index (χ1v) is 9.41. The van der Waals surface area contributed by atoms with Gasteiger partial charge in [-0.25, -0.2) is 4.79 Å². The van der Waals surface area contributed by atoms with Gasteiger partial charge in [0.25, 0.3) is 0 Å². The van der Waals surface area contributed by atoms with Crippen LogP contribution in [0.2, 0.25) is 0 Å². The first-order chi connectivity index (χ1) is 11.4. The smallest absolute Gasteiger partial charge is 0.317 e. The molecule has 6 heteroatoms. The van der Waals surface area contributed by atoms with Crippen LogP contribution in [-0.2, 0) is 4.79 Å². The molecule has 2 rings (SSSR count). The Balaban J connectivity index is 1.91. The minimum Gasteiger partial charge on any atom is -0.481 e. The molecule has 2 aliphatic heterocycles. The fourth-order valence-electron chi connectivity index (χ4n) is 4.11. The van der Waals surface area contributed by atoms with E-state index in [2.05, 4.69) is 24.1 Å². The van der Waals surface area contributed by atoms with E-state index in [4.69, 9.17) is 0 Å². The molecule has 24 heavy (non-hydrogen) atoms. The minimum absolute atomic E-state index is 0.116. The summed E-state index contributed by atoms with van der Waals surface area (Å²) >= 11 is 0. The van der Waals surface area contributed by atoms with Gasteiger partial charge in [-0.2, -0.15) is 0 Å². The van der Waals surface area contributed by atoms with Crippen molar-refractivity contribution in [3.8, 4) is 0 Å². The lowest BCUT2D eigenvalue weighted by molar-refractivity contribution is -0.147. The van der Waals surface area contributed by atoms with Crippen molar-refractivity contribution in [1.82, 2.24) is 15.1 Å². The largest absolute Gasteiger partial charge is 0.481 e. The Morgan fingerprint density at radius 2 is 1.79 bits per heavy atom. The number of nitrogens with zero attached hydrogens (tertiary/aromatic N) is 2. The number of rotatable bonds is 7. The molecule has 0 bridgehead atoms. The fraction of sp³-hybridized carbons (Fsp3) is 0.889. The zero-order chi connectivity index (χ0) is 17.7. The highest BCUT2D eigenvalue weighted by Crippen LogP contribution is 2.30. The molecule has 2 unspecified atom stereocenters. The fourth-order valence-corrected chi connectivity index (χ4v) is 4.11. The molecule has 6 nitrogen and oxygen atoms in total. The Kier molecular flexibility index (Phi) is 6.49. The maximum atomic E-state index is 12.5. The summed E-state index contributed by atoms with van der Waals surface area (Å²) in [4.78, 5) is 28.0. The molecule has 0 aromatic heterocycles. The summed E-state index contributed by atoms with van der Waals surface area (Å²) in [5, 5.41) is 12.4. The van der Waals surface area contributed by atoms with Gasteiger partial charge in [-0.15, -0.1) is 0 Å². The molecule has 2 amide bonds. The predicted molar refractivity (Wildman–Crippen MR) is 94.0 cm³/mol. The highest BCUT2D eigenvalue weighted by Gasteiger charge is 2.42. The SMILES string of the molecule is CCC(CC)C(CNC(=O)N1CCC(C)(C(=O)O)C1)N1CCCC1. The van der Waals surface area contributed by atoms with Gasteiger partial charge in [-0.3, -0.25) is 9.69 Å². The van der Waals surface area contributed by atoms with Crippen molar-refractivity contribution in [2.45, 2.75) is 58.9 Å². The number of nitrogens with one attached hydrogen (secondary N) is 1. The molecule has 0 aliphatic carbocycles. The number of aliphatic carboxylic acids is 1. The van der Waals surface area contributed by atoms with Crippen molar-refractivity contribution < 1.29 is 14.7 Å². The third kappa shape index (κ3) is 4.21. The number of likely N-dealkylation sites (tertiary alicyclic amines) is 2. The van der Waals surface area contributed by atoms with Crippen LogP contribution in [-0.4, -0.2) is 65.7 Å². The van der Waals surface area contributed by atoms with Crippen LogP contribution in [0.15, 0.2) is 0 Å². The molecule has 2 atom stereocenters. The van der Waals surface area contributed by atoms with Crippen molar-refractivity contribution in [1.29, 1.82) is 0 Å². The number of carbonyl (C=O) groups excluding carboxylic acids is 1. The van der Waals surface area contributed by atoms with Crippen molar-refractivity contribution in [3.63, 3.8) is 0 Å². The topological polar surface area (TPSA) is 72.9 Å². The lowest BCUT2D eigenvalue weighted by atomic mass is 9.90. The van der Waals surface area contributed by atoms with Gasteiger partial charge in [0.2, 0.25) is 0 Å². The van der Waals surface area contributed by atoms with E-state index >= 15 is 0 Å². The Hall–Kier alpha value is -1.30. The third-order valence-electron chi connectivity index (χ3n) is 5.94. The van der Waals surface area contributed by atoms with Crippen molar-refractivity contribution in [2.75, 3.05) is 32.7 Å². The van der Waals surface area contributed by atoms with E-state index in [9.17, 15) is 14.7 Å². The molecule has 0 saturated carbocycles. The molecule has 0 aromatic rings. The molecule has 0 aromatic carbocycles. The van der Waals surface area contributed by atoms with Crippen LogP contribution < -0.4 is 5.32 Å². The summed E-state index contributed by atoms with van der Waals surface area (Å²) in [6, 6.07) is 0.273. The maximum Gasteiger partial charge on any atom is 0.317 e. The summed E-state index contributed by atoms with van der Waals surface area (Å²) in [5.74, 6) is -0.226. The zero-order valence-electron chi connectivity index (χ0n) is 15.4. The van der Waals surface area contributed by atoms with Gasteiger partial charge in [-0.05, 0) is 45.2 Å². The predicted octanol–water partition coefficient (Wildman–Crippen LogP) is 2.39. The molecule has 2 saturated heterocycles. The van der Waals surface area contributed by atoms with Gasteiger partial charge in [-0.1, -0.05) is 26.7 Å². The molecule has 0 radical (unpaired) electrons.